The maximum atomic E-state index is 6.15. The highest BCUT2D eigenvalue weighted by atomic mass is 35.5. The first-order chi connectivity index (χ1) is 8.15. The van der Waals surface area contributed by atoms with Gasteiger partial charge in [0.25, 0.3) is 0 Å². The highest BCUT2D eigenvalue weighted by Crippen LogP contribution is 2.25. The first-order valence-corrected chi connectivity index (χ1v) is 7.08. The van der Waals surface area contributed by atoms with Crippen LogP contribution in [0, 0.1) is 5.92 Å². The van der Waals surface area contributed by atoms with Gasteiger partial charge in [-0.2, -0.15) is 0 Å². The molecule has 1 saturated carbocycles. The van der Waals surface area contributed by atoms with Crippen LogP contribution in [-0.2, 0) is 6.54 Å². The van der Waals surface area contributed by atoms with Crippen molar-refractivity contribution in [2.45, 2.75) is 45.2 Å². The Morgan fingerprint density at radius 2 is 1.88 bits per heavy atom. The molecule has 1 aromatic carbocycles. The number of hydrogen-bond acceptors (Lipinski definition) is 1. The van der Waals surface area contributed by atoms with Gasteiger partial charge in [-0.1, -0.05) is 36.2 Å². The fourth-order valence-electron chi connectivity index (χ4n) is 2.38. The van der Waals surface area contributed by atoms with E-state index < -0.39 is 0 Å². The minimum Gasteiger partial charge on any atom is -0.310 e. The van der Waals surface area contributed by atoms with Crippen molar-refractivity contribution in [1.29, 1.82) is 0 Å². The zero-order chi connectivity index (χ0) is 12.3. The molecule has 0 bridgehead atoms. The first kappa shape index (κ1) is 13.2. The van der Waals surface area contributed by atoms with Gasteiger partial charge in [-0.25, -0.2) is 0 Å². The summed E-state index contributed by atoms with van der Waals surface area (Å²) >= 11 is 12.0. The predicted molar refractivity (Wildman–Crippen MR) is 74.7 cm³/mol. The van der Waals surface area contributed by atoms with Crippen LogP contribution in [0.5, 0.6) is 0 Å². The molecule has 0 atom stereocenters. The van der Waals surface area contributed by atoms with Crippen molar-refractivity contribution in [1.82, 2.24) is 5.32 Å². The molecular formula is C14H19Cl2N. The maximum absolute atomic E-state index is 6.15. The van der Waals surface area contributed by atoms with Gasteiger partial charge in [-0.3, -0.25) is 0 Å². The normalized spacial score (nSPS) is 24.9. The molecule has 1 nitrogen and oxygen atoms in total. The second kappa shape index (κ2) is 6.08. The Bertz CT molecular complexity index is 370. The van der Waals surface area contributed by atoms with Gasteiger partial charge in [0.2, 0.25) is 0 Å². The average Bonchev–Trinajstić information content (AvgIpc) is 2.30. The van der Waals surface area contributed by atoms with Crippen LogP contribution in [0.1, 0.15) is 38.2 Å². The third kappa shape index (κ3) is 3.87. The van der Waals surface area contributed by atoms with E-state index in [9.17, 15) is 0 Å². The molecule has 0 spiro atoms. The zero-order valence-electron chi connectivity index (χ0n) is 10.2. The van der Waals surface area contributed by atoms with Crippen LogP contribution in [0.4, 0.5) is 0 Å². The molecule has 0 saturated heterocycles. The Hall–Kier alpha value is -0.240. The molecule has 0 amide bonds. The van der Waals surface area contributed by atoms with E-state index in [0.29, 0.717) is 11.1 Å². The minimum absolute atomic E-state index is 0.651. The minimum atomic E-state index is 0.651. The molecule has 1 aliphatic rings. The molecule has 0 unspecified atom stereocenters. The number of rotatable bonds is 3. The van der Waals surface area contributed by atoms with Crippen LogP contribution in [0.2, 0.25) is 10.0 Å². The van der Waals surface area contributed by atoms with Crippen molar-refractivity contribution in [2.75, 3.05) is 0 Å². The van der Waals surface area contributed by atoms with Gasteiger partial charge in [0.15, 0.2) is 0 Å². The van der Waals surface area contributed by atoms with Crippen LogP contribution >= 0.6 is 23.2 Å². The standard InChI is InChI=1S/C14H19Cl2N/c1-10-2-6-13(7-3-10)17-9-11-4-5-12(15)8-14(11)16/h4-5,8,10,13,17H,2-3,6-7,9H2,1H3. The lowest BCUT2D eigenvalue weighted by Gasteiger charge is -2.27. The van der Waals surface area contributed by atoms with Crippen molar-refractivity contribution in [2.24, 2.45) is 5.92 Å². The van der Waals surface area contributed by atoms with E-state index in [4.69, 9.17) is 23.2 Å². The summed E-state index contributed by atoms with van der Waals surface area (Å²) in [7, 11) is 0. The molecule has 0 heterocycles. The van der Waals surface area contributed by atoms with Gasteiger partial charge in [-0.05, 0) is 49.3 Å². The summed E-state index contributed by atoms with van der Waals surface area (Å²) in [6, 6.07) is 6.36. The fraction of sp³-hybridized carbons (Fsp3) is 0.571. The van der Waals surface area contributed by atoms with Gasteiger partial charge >= 0.3 is 0 Å². The SMILES string of the molecule is CC1CCC(NCc2ccc(Cl)cc2Cl)CC1. The maximum Gasteiger partial charge on any atom is 0.0465 e. The molecule has 2 rings (SSSR count). The molecule has 0 aliphatic heterocycles. The molecule has 3 heteroatoms. The summed E-state index contributed by atoms with van der Waals surface area (Å²) in [6.07, 6.45) is 5.25. The second-order valence-electron chi connectivity index (χ2n) is 5.07. The molecule has 1 aromatic rings. The van der Waals surface area contributed by atoms with Crippen molar-refractivity contribution in [3.05, 3.63) is 33.8 Å². The van der Waals surface area contributed by atoms with Crippen LogP contribution < -0.4 is 5.32 Å². The molecule has 0 radical (unpaired) electrons. The Labute approximate surface area is 114 Å². The second-order valence-corrected chi connectivity index (χ2v) is 5.92. The monoisotopic (exact) mass is 271 g/mol. The number of halogens is 2. The highest BCUT2D eigenvalue weighted by molar-refractivity contribution is 6.35. The first-order valence-electron chi connectivity index (χ1n) is 6.32. The van der Waals surface area contributed by atoms with E-state index in [-0.39, 0.29) is 0 Å². The topological polar surface area (TPSA) is 12.0 Å². The van der Waals surface area contributed by atoms with Crippen LogP contribution in [-0.4, -0.2) is 6.04 Å². The number of hydrogen-bond donors (Lipinski definition) is 1. The summed E-state index contributed by atoms with van der Waals surface area (Å²) in [5.74, 6) is 0.896. The van der Waals surface area contributed by atoms with Gasteiger partial charge < -0.3 is 5.32 Å². The molecule has 17 heavy (non-hydrogen) atoms. The lowest BCUT2D eigenvalue weighted by Crippen LogP contribution is -2.32. The van der Waals surface area contributed by atoms with E-state index in [1.165, 1.54) is 25.7 Å². The van der Waals surface area contributed by atoms with Gasteiger partial charge in [0.05, 0.1) is 0 Å². The van der Waals surface area contributed by atoms with Crippen LogP contribution in [0.3, 0.4) is 0 Å². The van der Waals surface area contributed by atoms with E-state index in [1.54, 1.807) is 0 Å². The summed E-state index contributed by atoms with van der Waals surface area (Å²) < 4.78 is 0. The molecule has 0 aromatic heterocycles. The third-order valence-electron chi connectivity index (χ3n) is 3.61. The predicted octanol–water partition coefficient (Wildman–Crippen LogP) is 4.66. The van der Waals surface area contributed by atoms with Gasteiger partial charge in [0.1, 0.15) is 0 Å². The zero-order valence-corrected chi connectivity index (χ0v) is 11.7. The van der Waals surface area contributed by atoms with E-state index in [2.05, 4.69) is 12.2 Å². The summed E-state index contributed by atoms with van der Waals surface area (Å²) in [5.41, 5.74) is 1.13. The van der Waals surface area contributed by atoms with Gasteiger partial charge in [0, 0.05) is 22.6 Å². The lowest BCUT2D eigenvalue weighted by molar-refractivity contribution is 0.306. The average molecular weight is 272 g/mol. The Balaban J connectivity index is 1.85. The summed E-state index contributed by atoms with van der Waals surface area (Å²) in [6.45, 7) is 3.18. The smallest absolute Gasteiger partial charge is 0.0465 e. The van der Waals surface area contributed by atoms with E-state index >= 15 is 0 Å². The molecular weight excluding hydrogens is 253 g/mol. The quantitative estimate of drug-likeness (QED) is 0.843. The summed E-state index contributed by atoms with van der Waals surface area (Å²) in [4.78, 5) is 0. The molecule has 1 fully saturated rings. The Morgan fingerprint density at radius 3 is 2.53 bits per heavy atom. The van der Waals surface area contributed by atoms with Crippen LogP contribution in [0.15, 0.2) is 18.2 Å². The van der Waals surface area contributed by atoms with Crippen molar-refractivity contribution >= 4 is 23.2 Å². The molecule has 94 valence electrons. The molecule has 1 N–H and O–H groups in total. The fourth-order valence-corrected chi connectivity index (χ4v) is 2.86. The lowest BCUT2D eigenvalue weighted by atomic mass is 9.87. The van der Waals surface area contributed by atoms with Crippen molar-refractivity contribution in [3.63, 3.8) is 0 Å². The number of benzene rings is 1. The Kier molecular flexibility index (Phi) is 4.72. The van der Waals surface area contributed by atoms with Crippen molar-refractivity contribution in [3.8, 4) is 0 Å². The largest absolute Gasteiger partial charge is 0.310 e. The third-order valence-corrected chi connectivity index (χ3v) is 4.20. The van der Waals surface area contributed by atoms with Crippen molar-refractivity contribution < 1.29 is 0 Å². The number of nitrogens with one attached hydrogen (secondary N) is 1. The Morgan fingerprint density at radius 1 is 1.18 bits per heavy atom. The van der Waals surface area contributed by atoms with Gasteiger partial charge in [-0.15, -0.1) is 0 Å². The van der Waals surface area contributed by atoms with E-state index in [0.717, 1.165) is 23.0 Å². The van der Waals surface area contributed by atoms with E-state index in [1.807, 2.05) is 18.2 Å². The van der Waals surface area contributed by atoms with Crippen LogP contribution in [0.25, 0.3) is 0 Å². The summed E-state index contributed by atoms with van der Waals surface area (Å²) in [5, 5.41) is 5.05. The molecule has 1 aliphatic carbocycles. The highest BCUT2D eigenvalue weighted by Gasteiger charge is 2.17.